The lowest BCUT2D eigenvalue weighted by Crippen LogP contribution is -2.50. The van der Waals surface area contributed by atoms with Gasteiger partial charge in [-0.15, -0.1) is 0 Å². The van der Waals surface area contributed by atoms with Gasteiger partial charge in [-0.2, -0.15) is 0 Å². The third-order valence-corrected chi connectivity index (χ3v) is 7.51. The molecule has 1 aliphatic rings. The van der Waals surface area contributed by atoms with Crippen molar-refractivity contribution < 1.29 is 26.4 Å². The fourth-order valence-corrected chi connectivity index (χ4v) is 6.37. The maximum Gasteiger partial charge on any atom is 0.337 e. The van der Waals surface area contributed by atoms with Crippen LogP contribution in [0.1, 0.15) is 0 Å². The van der Waals surface area contributed by atoms with Crippen LogP contribution in [-0.4, -0.2) is 72.7 Å². The van der Waals surface area contributed by atoms with E-state index in [1.807, 2.05) is 0 Å². The predicted molar refractivity (Wildman–Crippen MR) is 110 cm³/mol. The number of amides is 3. The van der Waals surface area contributed by atoms with Gasteiger partial charge in [0.1, 0.15) is 0 Å². The second-order valence-electron chi connectivity index (χ2n) is 5.94. The maximum absolute atomic E-state index is 12.8. The zero-order valence-corrected chi connectivity index (χ0v) is 19.1. The van der Waals surface area contributed by atoms with E-state index in [1.165, 1.54) is 19.2 Å². The first-order valence-electron chi connectivity index (χ1n) is 7.58. The zero-order valence-electron chi connectivity index (χ0n) is 15.2. The minimum atomic E-state index is -4.50. The standard InChI is InChI=1S/C14H15Cl3N4O6S2/c1-19-10(11(22)20(13(19)23)9-7-5-4-6-8-9)18-12(14(15,16)17)21(28(2,24)25)29(3,26)27/h4-8,12H,1-3H3/b18-10+. The molecule has 0 spiro atoms. The highest BCUT2D eigenvalue weighted by Gasteiger charge is 2.49. The topological polar surface area (TPSA) is 124 Å². The summed E-state index contributed by atoms with van der Waals surface area (Å²) in [6, 6.07) is 7.00. The van der Waals surface area contributed by atoms with Gasteiger partial charge in [0.2, 0.25) is 29.7 Å². The highest BCUT2D eigenvalue weighted by molar-refractivity contribution is 8.03. The number of aliphatic imine (C=N–C) groups is 1. The molecule has 0 radical (unpaired) electrons. The Labute approximate surface area is 182 Å². The number of urea groups is 1. The van der Waals surface area contributed by atoms with E-state index in [-0.39, 0.29) is 9.40 Å². The molecule has 0 saturated carbocycles. The van der Waals surface area contributed by atoms with E-state index in [1.54, 1.807) is 18.2 Å². The fourth-order valence-electron chi connectivity index (χ4n) is 2.48. The molecule has 0 aromatic heterocycles. The lowest BCUT2D eigenvalue weighted by atomic mass is 10.3. The summed E-state index contributed by atoms with van der Waals surface area (Å²) in [6.45, 7) is 0. The van der Waals surface area contributed by atoms with Gasteiger partial charge in [-0.25, -0.2) is 31.5 Å². The second kappa shape index (κ2) is 8.00. The third-order valence-electron chi connectivity index (χ3n) is 3.60. The quantitative estimate of drug-likeness (QED) is 0.440. The van der Waals surface area contributed by atoms with Crippen LogP contribution in [0.5, 0.6) is 0 Å². The van der Waals surface area contributed by atoms with Crippen LogP contribution in [0.2, 0.25) is 0 Å². The van der Waals surface area contributed by atoms with Gasteiger partial charge in [0, 0.05) is 7.05 Å². The van der Waals surface area contributed by atoms with Gasteiger partial charge in [-0.3, -0.25) is 9.69 Å². The fraction of sp³-hybridized carbons (Fsp3) is 0.357. The summed E-state index contributed by atoms with van der Waals surface area (Å²) >= 11 is 17.4. The number of sulfonamides is 2. The first-order chi connectivity index (χ1) is 13.1. The van der Waals surface area contributed by atoms with Crippen molar-refractivity contribution in [1.29, 1.82) is 0 Å². The van der Waals surface area contributed by atoms with Crippen LogP contribution in [0.15, 0.2) is 35.3 Å². The molecule has 10 nitrogen and oxygen atoms in total. The summed E-state index contributed by atoms with van der Waals surface area (Å²) in [5, 5.41) is 0. The van der Waals surface area contributed by atoms with Crippen molar-refractivity contribution in [3.05, 3.63) is 30.3 Å². The predicted octanol–water partition coefficient (Wildman–Crippen LogP) is 1.40. The first-order valence-corrected chi connectivity index (χ1v) is 12.4. The van der Waals surface area contributed by atoms with Crippen molar-refractivity contribution in [1.82, 2.24) is 8.61 Å². The molecule has 29 heavy (non-hydrogen) atoms. The molecule has 0 N–H and O–H groups in total. The van der Waals surface area contributed by atoms with Crippen molar-refractivity contribution in [3.8, 4) is 0 Å². The van der Waals surface area contributed by atoms with Crippen molar-refractivity contribution >= 4 is 78.3 Å². The lowest BCUT2D eigenvalue weighted by Gasteiger charge is -2.29. The van der Waals surface area contributed by atoms with E-state index >= 15 is 0 Å². The number of rotatable bonds is 5. The van der Waals surface area contributed by atoms with Crippen LogP contribution < -0.4 is 4.90 Å². The molecular formula is C14H15Cl3N4O6S2. The third kappa shape index (κ3) is 5.01. The number of likely N-dealkylation sites (N-methyl/N-ethyl adjacent to an activating group) is 1. The Morgan fingerprint density at radius 1 is 1.00 bits per heavy atom. The van der Waals surface area contributed by atoms with Crippen molar-refractivity contribution in [3.63, 3.8) is 0 Å². The molecule has 0 bridgehead atoms. The van der Waals surface area contributed by atoms with Crippen LogP contribution >= 0.6 is 34.8 Å². The van der Waals surface area contributed by atoms with Crippen LogP contribution in [0, 0.1) is 0 Å². The number of para-hydroxylation sites is 1. The summed E-state index contributed by atoms with van der Waals surface area (Å²) in [6.07, 6.45) is -1.04. The summed E-state index contributed by atoms with van der Waals surface area (Å²) in [7, 11) is -7.83. The van der Waals surface area contributed by atoms with Gasteiger partial charge in [-0.05, 0) is 12.1 Å². The number of nitrogens with zero attached hydrogens (tertiary/aromatic N) is 4. The Bertz CT molecular complexity index is 1040. The molecule has 1 saturated heterocycles. The molecule has 1 atom stereocenters. The highest BCUT2D eigenvalue weighted by Crippen LogP contribution is 2.37. The van der Waals surface area contributed by atoms with Gasteiger partial charge >= 0.3 is 11.9 Å². The molecule has 2 rings (SSSR count). The number of anilines is 1. The number of benzene rings is 1. The van der Waals surface area contributed by atoms with E-state index < -0.39 is 47.8 Å². The molecule has 1 heterocycles. The largest absolute Gasteiger partial charge is 0.337 e. The monoisotopic (exact) mass is 504 g/mol. The van der Waals surface area contributed by atoms with Crippen molar-refractivity contribution in [2.75, 3.05) is 24.5 Å². The highest BCUT2D eigenvalue weighted by atomic mass is 35.6. The van der Waals surface area contributed by atoms with E-state index in [0.29, 0.717) is 12.5 Å². The first kappa shape index (κ1) is 23.8. The summed E-state index contributed by atoms with van der Waals surface area (Å²) in [5.74, 6) is -1.56. The molecule has 1 unspecified atom stereocenters. The Morgan fingerprint density at radius 3 is 1.90 bits per heavy atom. The van der Waals surface area contributed by atoms with Crippen LogP contribution in [-0.2, 0) is 24.8 Å². The van der Waals surface area contributed by atoms with E-state index in [4.69, 9.17) is 34.8 Å². The summed E-state index contributed by atoms with van der Waals surface area (Å²) in [4.78, 5) is 30.6. The average molecular weight is 506 g/mol. The number of amidine groups is 1. The Balaban J connectivity index is 2.66. The smallest absolute Gasteiger partial charge is 0.276 e. The van der Waals surface area contributed by atoms with Crippen LogP contribution in [0.25, 0.3) is 0 Å². The number of hydrogen-bond donors (Lipinski definition) is 0. The Hall–Kier alpha value is -1.44. The normalized spacial score (nSPS) is 18.8. The molecule has 3 amide bonds. The molecule has 15 heteroatoms. The Morgan fingerprint density at radius 2 is 1.48 bits per heavy atom. The molecule has 1 aromatic carbocycles. The maximum atomic E-state index is 12.8. The molecular weight excluding hydrogens is 491 g/mol. The van der Waals surface area contributed by atoms with Crippen LogP contribution in [0.4, 0.5) is 10.5 Å². The van der Waals surface area contributed by atoms with Gasteiger partial charge in [0.25, 0.3) is 0 Å². The minimum Gasteiger partial charge on any atom is -0.276 e. The van der Waals surface area contributed by atoms with Gasteiger partial charge in [0.15, 0.2) is 6.17 Å². The average Bonchev–Trinajstić information content (AvgIpc) is 2.75. The number of carbonyl (C=O) groups is 2. The Kier molecular flexibility index (Phi) is 6.58. The molecule has 160 valence electrons. The molecule has 1 aliphatic heterocycles. The lowest BCUT2D eigenvalue weighted by molar-refractivity contribution is -0.111. The van der Waals surface area contributed by atoms with E-state index in [0.717, 1.165) is 9.80 Å². The van der Waals surface area contributed by atoms with E-state index in [9.17, 15) is 26.4 Å². The number of imide groups is 1. The molecule has 1 aromatic rings. The number of alkyl halides is 3. The zero-order chi connectivity index (χ0) is 22.4. The number of hydrogen-bond acceptors (Lipinski definition) is 7. The molecule has 0 aliphatic carbocycles. The van der Waals surface area contributed by atoms with Crippen molar-refractivity contribution in [2.45, 2.75) is 9.96 Å². The van der Waals surface area contributed by atoms with E-state index in [2.05, 4.69) is 4.99 Å². The summed E-state index contributed by atoms with van der Waals surface area (Å²) in [5.41, 5.74) is 0.216. The van der Waals surface area contributed by atoms with Gasteiger partial charge < -0.3 is 0 Å². The summed E-state index contributed by atoms with van der Waals surface area (Å²) < 4.78 is 45.6. The second-order valence-corrected chi connectivity index (χ2v) is 12.3. The minimum absolute atomic E-state index is 0.128. The SMILES string of the molecule is CN1C(=O)N(c2ccccc2)C(=O)/C1=N\C(N(S(C)(=O)=O)S(C)(=O)=O)C(Cl)(Cl)Cl. The number of carbonyl (C=O) groups excluding carboxylic acids is 2. The van der Waals surface area contributed by atoms with Crippen LogP contribution in [0.3, 0.4) is 0 Å². The van der Waals surface area contributed by atoms with Crippen molar-refractivity contribution in [2.24, 2.45) is 4.99 Å². The van der Waals surface area contributed by atoms with Gasteiger partial charge in [-0.1, -0.05) is 56.7 Å². The number of halogens is 3. The molecule has 1 fully saturated rings. The van der Waals surface area contributed by atoms with Gasteiger partial charge in [0.05, 0.1) is 18.2 Å².